The first kappa shape index (κ1) is 6.89. The molecule has 1 aromatic rings. The number of benzene rings is 1. The Morgan fingerprint density at radius 2 is 1.90 bits per heavy atom. The Labute approximate surface area is 61.9 Å². The zero-order chi connectivity index (χ0) is 7.23. The molecule has 0 aliphatic heterocycles. The van der Waals surface area contributed by atoms with Gasteiger partial charge in [-0.25, -0.2) is 0 Å². The van der Waals surface area contributed by atoms with Gasteiger partial charge in [-0.2, -0.15) is 0 Å². The van der Waals surface area contributed by atoms with Crippen molar-refractivity contribution in [3.8, 4) is 5.92 Å². The zero-order valence-corrected chi connectivity index (χ0v) is 5.80. The second kappa shape index (κ2) is 3.74. The van der Waals surface area contributed by atoms with E-state index in [1.54, 1.807) is 0 Å². The van der Waals surface area contributed by atoms with Crippen LogP contribution in [0.1, 0.15) is 12.0 Å². The van der Waals surface area contributed by atoms with Gasteiger partial charge in [0.05, 0.1) is 0 Å². The highest BCUT2D eigenvalue weighted by Crippen LogP contribution is 2.00. The van der Waals surface area contributed by atoms with Crippen molar-refractivity contribution in [1.29, 1.82) is 0 Å². The molecule has 0 spiro atoms. The van der Waals surface area contributed by atoms with Crippen molar-refractivity contribution in [3.63, 3.8) is 0 Å². The fourth-order valence-electron chi connectivity index (χ4n) is 0.852. The third kappa shape index (κ3) is 1.95. The Balaban J connectivity index is 2.52. The van der Waals surface area contributed by atoms with Gasteiger partial charge in [0, 0.05) is 6.42 Å². The van der Waals surface area contributed by atoms with Crippen LogP contribution in [0, 0.1) is 12.3 Å². The Morgan fingerprint density at radius 3 is 2.50 bits per heavy atom. The molecule has 1 rings (SSSR count). The highest BCUT2D eigenvalue weighted by Gasteiger charge is 1.86. The smallest absolute Gasteiger partial charge is 0.0139 e. The monoisotopic (exact) mass is 129 g/mol. The molecule has 0 N–H and O–H groups in total. The topological polar surface area (TPSA) is 0 Å². The maximum Gasteiger partial charge on any atom is 0.0139 e. The molecule has 0 aromatic heterocycles. The van der Waals surface area contributed by atoms with Gasteiger partial charge in [0.2, 0.25) is 0 Å². The van der Waals surface area contributed by atoms with Crippen LogP contribution in [-0.2, 0) is 6.42 Å². The molecular weight excluding hydrogens is 120 g/mol. The molecule has 0 saturated heterocycles. The van der Waals surface area contributed by atoms with Crippen LogP contribution in [0.15, 0.2) is 30.3 Å². The molecule has 1 aromatic carbocycles. The molecular formula is C10H9. The molecule has 0 bridgehead atoms. The van der Waals surface area contributed by atoms with E-state index in [-0.39, 0.29) is 0 Å². The van der Waals surface area contributed by atoms with Crippen LogP contribution in [-0.4, -0.2) is 0 Å². The van der Waals surface area contributed by atoms with E-state index in [2.05, 4.69) is 18.1 Å². The van der Waals surface area contributed by atoms with E-state index in [1.807, 2.05) is 18.2 Å². The predicted octanol–water partition coefficient (Wildman–Crippen LogP) is 2.21. The molecule has 0 nitrogen and oxygen atoms in total. The van der Waals surface area contributed by atoms with E-state index in [9.17, 15) is 0 Å². The average molecular weight is 129 g/mol. The summed E-state index contributed by atoms with van der Waals surface area (Å²) in [5, 5.41) is 0. The Hall–Kier alpha value is -1.22. The Bertz CT molecular complexity index is 216. The van der Waals surface area contributed by atoms with Crippen molar-refractivity contribution in [2.45, 2.75) is 12.8 Å². The summed E-state index contributed by atoms with van der Waals surface area (Å²) in [6.07, 6.45) is 8.36. The fourth-order valence-corrected chi connectivity index (χ4v) is 0.852. The highest BCUT2D eigenvalue weighted by atomic mass is 13.9. The molecule has 0 amide bonds. The van der Waals surface area contributed by atoms with Gasteiger partial charge in [-0.3, -0.25) is 0 Å². The minimum absolute atomic E-state index is 0.726. The third-order valence-electron chi connectivity index (χ3n) is 1.38. The lowest BCUT2D eigenvalue weighted by Gasteiger charge is -1.93. The lowest BCUT2D eigenvalue weighted by molar-refractivity contribution is 1.03. The van der Waals surface area contributed by atoms with Crippen LogP contribution in [0.25, 0.3) is 0 Å². The van der Waals surface area contributed by atoms with Crippen LogP contribution in [0.5, 0.6) is 0 Å². The van der Waals surface area contributed by atoms with Gasteiger partial charge in [-0.1, -0.05) is 36.3 Å². The van der Waals surface area contributed by atoms with Crippen molar-refractivity contribution >= 4 is 0 Å². The number of aryl methyl sites for hydroxylation is 1. The summed E-state index contributed by atoms with van der Waals surface area (Å²) in [6.45, 7) is 0. The summed E-state index contributed by atoms with van der Waals surface area (Å²) >= 11 is 0. The molecule has 0 heterocycles. The van der Waals surface area contributed by atoms with E-state index in [0.29, 0.717) is 0 Å². The second-order valence-corrected chi connectivity index (χ2v) is 2.16. The van der Waals surface area contributed by atoms with Gasteiger partial charge in [-0.05, 0) is 18.4 Å². The van der Waals surface area contributed by atoms with E-state index in [0.717, 1.165) is 12.8 Å². The van der Waals surface area contributed by atoms with Crippen LogP contribution < -0.4 is 0 Å². The fraction of sp³-hybridized carbons (Fsp3) is 0.200. The molecule has 0 unspecified atom stereocenters. The molecule has 0 heteroatoms. The molecule has 1 radical (unpaired) electrons. The minimum atomic E-state index is 0.726. The summed E-state index contributed by atoms with van der Waals surface area (Å²) in [5.41, 5.74) is 1.28. The first-order valence-corrected chi connectivity index (χ1v) is 3.37. The SMILES string of the molecule is [C]#CCCc1ccccc1. The first-order valence-electron chi connectivity index (χ1n) is 3.37. The van der Waals surface area contributed by atoms with Gasteiger partial charge in [-0.15, -0.1) is 0 Å². The lowest BCUT2D eigenvalue weighted by Crippen LogP contribution is -1.80. The van der Waals surface area contributed by atoms with Crippen LogP contribution in [0.4, 0.5) is 0 Å². The Kier molecular flexibility index (Phi) is 2.58. The molecule has 0 atom stereocenters. The average Bonchev–Trinajstić information content (AvgIpc) is 2.03. The first-order chi connectivity index (χ1) is 4.93. The summed E-state index contributed by atoms with van der Waals surface area (Å²) in [7, 11) is 0. The summed E-state index contributed by atoms with van der Waals surface area (Å²) in [4.78, 5) is 0. The number of rotatable bonds is 2. The zero-order valence-electron chi connectivity index (χ0n) is 5.80. The molecule has 10 heavy (non-hydrogen) atoms. The lowest BCUT2D eigenvalue weighted by atomic mass is 10.1. The largest absolute Gasteiger partial charge is 0.0888 e. The van der Waals surface area contributed by atoms with E-state index >= 15 is 0 Å². The molecule has 0 saturated carbocycles. The van der Waals surface area contributed by atoms with E-state index in [4.69, 9.17) is 6.42 Å². The quantitative estimate of drug-likeness (QED) is 0.537. The third-order valence-corrected chi connectivity index (χ3v) is 1.38. The molecule has 0 fully saturated rings. The maximum absolute atomic E-state index is 6.70. The minimum Gasteiger partial charge on any atom is -0.0888 e. The van der Waals surface area contributed by atoms with Crippen LogP contribution in [0.2, 0.25) is 0 Å². The van der Waals surface area contributed by atoms with Crippen molar-refractivity contribution in [2.24, 2.45) is 0 Å². The summed E-state index contributed by atoms with van der Waals surface area (Å²) in [6, 6.07) is 10.2. The summed E-state index contributed by atoms with van der Waals surface area (Å²) in [5.74, 6) is 2.37. The van der Waals surface area contributed by atoms with Gasteiger partial charge >= 0.3 is 0 Å². The van der Waals surface area contributed by atoms with Gasteiger partial charge in [0.15, 0.2) is 0 Å². The normalized spacial score (nSPS) is 8.70. The van der Waals surface area contributed by atoms with Crippen LogP contribution >= 0.6 is 0 Å². The van der Waals surface area contributed by atoms with Crippen molar-refractivity contribution in [1.82, 2.24) is 0 Å². The molecule has 49 valence electrons. The van der Waals surface area contributed by atoms with Crippen LogP contribution in [0.3, 0.4) is 0 Å². The predicted molar refractivity (Wildman–Crippen MR) is 41.9 cm³/mol. The van der Waals surface area contributed by atoms with Gasteiger partial charge < -0.3 is 0 Å². The van der Waals surface area contributed by atoms with E-state index in [1.165, 1.54) is 5.56 Å². The standard InChI is InChI=1S/C10H9/c1-2-3-7-10-8-5-4-6-9-10/h4-6,8-9H,3,7H2. The summed E-state index contributed by atoms with van der Waals surface area (Å²) < 4.78 is 0. The molecule has 0 aliphatic carbocycles. The van der Waals surface area contributed by atoms with Crippen molar-refractivity contribution in [2.75, 3.05) is 0 Å². The maximum atomic E-state index is 6.70. The van der Waals surface area contributed by atoms with Crippen molar-refractivity contribution in [3.05, 3.63) is 42.3 Å². The van der Waals surface area contributed by atoms with E-state index < -0.39 is 0 Å². The van der Waals surface area contributed by atoms with Gasteiger partial charge in [0.1, 0.15) is 0 Å². The van der Waals surface area contributed by atoms with Crippen molar-refractivity contribution < 1.29 is 0 Å². The number of hydrogen-bond donors (Lipinski definition) is 0. The number of hydrogen-bond acceptors (Lipinski definition) is 0. The highest BCUT2D eigenvalue weighted by molar-refractivity contribution is 5.15. The van der Waals surface area contributed by atoms with Gasteiger partial charge in [0.25, 0.3) is 0 Å². The molecule has 0 aliphatic rings. The Morgan fingerprint density at radius 1 is 1.20 bits per heavy atom. The second-order valence-electron chi connectivity index (χ2n) is 2.16.